The highest BCUT2D eigenvalue weighted by Gasteiger charge is 2.28. The van der Waals surface area contributed by atoms with Gasteiger partial charge in [-0.1, -0.05) is 17.7 Å². The van der Waals surface area contributed by atoms with Gasteiger partial charge >= 0.3 is 0 Å². The van der Waals surface area contributed by atoms with E-state index in [1.165, 1.54) is 18.6 Å². The first-order chi connectivity index (χ1) is 18.7. The largest absolute Gasteiger partial charge is 0.341 e. The molecule has 4 heterocycles. The van der Waals surface area contributed by atoms with E-state index < -0.39 is 46.8 Å². The molecule has 0 spiro atoms. The fourth-order valence-corrected chi connectivity index (χ4v) is 4.09. The molecule has 0 bridgehead atoms. The minimum atomic E-state index is -3.04. The zero-order chi connectivity index (χ0) is 27.7. The molecule has 1 aromatic carbocycles. The standard InChI is InChI=1S/C24H18ClF5N8O/c25-15-3-2-14(21(27)28)18(19(15)26)16-9-31-10-17(36-16)23(39)35-13-8-34-38(11-13)20(22(29)30)12-6-32-24(33-7-12)37-4-1-5-37/h2-3,6-11,20-22H,1,4-5H2,(H,35,39)/t20-/m0/s1. The van der Waals surface area contributed by atoms with Gasteiger partial charge in [-0.15, -0.1) is 0 Å². The van der Waals surface area contributed by atoms with Crippen LogP contribution in [0.1, 0.15) is 40.5 Å². The summed E-state index contributed by atoms with van der Waals surface area (Å²) < 4.78 is 70.5. The van der Waals surface area contributed by atoms with Crippen LogP contribution in [0.5, 0.6) is 0 Å². The monoisotopic (exact) mass is 564 g/mol. The number of benzene rings is 1. The first-order valence-corrected chi connectivity index (χ1v) is 11.9. The van der Waals surface area contributed by atoms with Crippen molar-refractivity contribution < 1.29 is 26.7 Å². The third-order valence-corrected chi connectivity index (χ3v) is 6.30. The summed E-state index contributed by atoms with van der Waals surface area (Å²) in [6.45, 7) is 1.60. The number of amides is 1. The Morgan fingerprint density at radius 1 is 1.03 bits per heavy atom. The maximum absolute atomic E-state index is 14.6. The predicted octanol–water partition coefficient (Wildman–Crippen LogP) is 5.18. The van der Waals surface area contributed by atoms with Crippen molar-refractivity contribution in [3.8, 4) is 11.3 Å². The number of anilines is 2. The molecule has 5 rings (SSSR count). The van der Waals surface area contributed by atoms with Gasteiger partial charge in [0.25, 0.3) is 18.8 Å². The molecule has 9 nitrogen and oxygen atoms in total. The summed E-state index contributed by atoms with van der Waals surface area (Å²) in [6, 6.07) is 0.419. The van der Waals surface area contributed by atoms with Gasteiger partial charge in [0.2, 0.25) is 5.95 Å². The summed E-state index contributed by atoms with van der Waals surface area (Å²) >= 11 is 5.76. The van der Waals surface area contributed by atoms with Crippen LogP contribution in [0.25, 0.3) is 11.3 Å². The van der Waals surface area contributed by atoms with Crippen molar-refractivity contribution in [3.05, 3.63) is 77.0 Å². The number of nitrogens with one attached hydrogen (secondary N) is 1. The fraction of sp³-hybridized carbons (Fsp3) is 0.250. The smallest absolute Gasteiger partial charge is 0.275 e. The molecule has 1 aliphatic heterocycles. The topological polar surface area (TPSA) is 102 Å². The maximum atomic E-state index is 14.6. The molecule has 1 fully saturated rings. The molecule has 1 atom stereocenters. The molecule has 0 unspecified atom stereocenters. The SMILES string of the molecule is O=C(Nc1cnn([C@@H](c2cnc(N3CCC3)nc2)C(F)F)c1)c1cncc(-c2c(C(F)F)ccc(Cl)c2F)n1. The minimum Gasteiger partial charge on any atom is -0.341 e. The quantitative estimate of drug-likeness (QED) is 0.294. The molecule has 1 N–H and O–H groups in total. The highest BCUT2D eigenvalue weighted by molar-refractivity contribution is 6.31. The van der Waals surface area contributed by atoms with Crippen molar-refractivity contribution in [2.45, 2.75) is 25.3 Å². The Morgan fingerprint density at radius 2 is 1.77 bits per heavy atom. The van der Waals surface area contributed by atoms with Gasteiger partial charge in [0.05, 0.1) is 35.0 Å². The fourth-order valence-electron chi connectivity index (χ4n) is 3.93. The lowest BCUT2D eigenvalue weighted by atomic mass is 10.0. The van der Waals surface area contributed by atoms with E-state index in [0.717, 1.165) is 54.9 Å². The van der Waals surface area contributed by atoms with E-state index in [1.807, 2.05) is 4.90 Å². The summed E-state index contributed by atoms with van der Waals surface area (Å²) in [6.07, 6.45) is 2.08. The maximum Gasteiger partial charge on any atom is 0.275 e. The van der Waals surface area contributed by atoms with Gasteiger partial charge in [-0.3, -0.25) is 14.5 Å². The van der Waals surface area contributed by atoms with Crippen LogP contribution in [0, 0.1) is 5.82 Å². The number of halogens is 6. The highest BCUT2D eigenvalue weighted by atomic mass is 35.5. The first kappa shape index (κ1) is 26.4. The molecule has 4 aromatic rings. The van der Waals surface area contributed by atoms with E-state index in [0.29, 0.717) is 5.95 Å². The molecule has 15 heteroatoms. The number of alkyl halides is 4. The summed E-state index contributed by atoms with van der Waals surface area (Å²) in [5, 5.41) is 5.96. The minimum absolute atomic E-state index is 0.0400. The molecule has 1 amide bonds. The van der Waals surface area contributed by atoms with Crippen LogP contribution in [0.2, 0.25) is 5.02 Å². The van der Waals surface area contributed by atoms with Crippen molar-refractivity contribution in [2.75, 3.05) is 23.3 Å². The second kappa shape index (κ2) is 10.9. The van der Waals surface area contributed by atoms with Crippen LogP contribution < -0.4 is 10.2 Å². The number of carbonyl (C=O) groups is 1. The summed E-state index contributed by atoms with van der Waals surface area (Å²) in [4.78, 5) is 30.8. The van der Waals surface area contributed by atoms with Crippen LogP contribution in [-0.4, -0.2) is 55.1 Å². The van der Waals surface area contributed by atoms with Crippen molar-refractivity contribution >= 4 is 29.1 Å². The number of aromatic nitrogens is 6. The third-order valence-electron chi connectivity index (χ3n) is 6.01. The van der Waals surface area contributed by atoms with E-state index in [4.69, 9.17) is 11.6 Å². The zero-order valence-electron chi connectivity index (χ0n) is 19.8. The Labute approximate surface area is 222 Å². The number of nitrogens with zero attached hydrogens (tertiary/aromatic N) is 7. The number of rotatable bonds is 8. The lowest BCUT2D eigenvalue weighted by Crippen LogP contribution is -2.38. The Bertz CT molecular complexity index is 1500. The molecule has 3 aromatic heterocycles. The van der Waals surface area contributed by atoms with Crippen molar-refractivity contribution in [2.24, 2.45) is 0 Å². The summed E-state index contributed by atoms with van der Waals surface area (Å²) in [5.41, 5.74) is -1.79. The molecule has 1 saturated heterocycles. The first-order valence-electron chi connectivity index (χ1n) is 11.5. The molecule has 0 aliphatic carbocycles. The van der Waals surface area contributed by atoms with Crippen molar-refractivity contribution in [1.82, 2.24) is 29.7 Å². The Balaban J connectivity index is 1.36. The number of hydrogen-bond acceptors (Lipinski definition) is 7. The summed E-state index contributed by atoms with van der Waals surface area (Å²) in [7, 11) is 0. The molecule has 202 valence electrons. The van der Waals surface area contributed by atoms with Gasteiger partial charge in [-0.05, 0) is 12.5 Å². The average molecular weight is 565 g/mol. The lowest BCUT2D eigenvalue weighted by Gasteiger charge is -2.30. The van der Waals surface area contributed by atoms with E-state index in [2.05, 4.69) is 30.4 Å². The van der Waals surface area contributed by atoms with E-state index in [9.17, 15) is 26.7 Å². The van der Waals surface area contributed by atoms with Crippen LogP contribution in [0.15, 0.2) is 49.3 Å². The number of hydrogen-bond donors (Lipinski definition) is 1. The third kappa shape index (κ3) is 5.37. The Kier molecular flexibility index (Phi) is 7.37. The van der Waals surface area contributed by atoms with Crippen LogP contribution in [0.4, 0.5) is 33.6 Å². The van der Waals surface area contributed by atoms with Gasteiger partial charge in [0.15, 0.2) is 5.82 Å². The van der Waals surface area contributed by atoms with E-state index >= 15 is 0 Å². The normalized spacial score (nSPS) is 14.0. The predicted molar refractivity (Wildman–Crippen MR) is 131 cm³/mol. The Morgan fingerprint density at radius 3 is 2.41 bits per heavy atom. The van der Waals surface area contributed by atoms with Gasteiger partial charge < -0.3 is 10.2 Å². The molecular weight excluding hydrogens is 547 g/mol. The molecule has 0 saturated carbocycles. The highest BCUT2D eigenvalue weighted by Crippen LogP contribution is 2.35. The van der Waals surface area contributed by atoms with E-state index in [-0.39, 0.29) is 22.6 Å². The molecule has 1 aliphatic rings. The zero-order valence-corrected chi connectivity index (χ0v) is 20.5. The van der Waals surface area contributed by atoms with Crippen molar-refractivity contribution in [1.29, 1.82) is 0 Å². The second-order valence-electron chi connectivity index (χ2n) is 8.52. The van der Waals surface area contributed by atoms with Gasteiger partial charge in [0.1, 0.15) is 11.7 Å². The molecule has 39 heavy (non-hydrogen) atoms. The van der Waals surface area contributed by atoms with E-state index in [1.54, 1.807) is 0 Å². The Hall–Kier alpha value is -4.20. The second-order valence-corrected chi connectivity index (χ2v) is 8.92. The number of carbonyl (C=O) groups excluding carboxylic acids is 1. The molecule has 0 radical (unpaired) electrons. The van der Waals surface area contributed by atoms with Crippen LogP contribution in [-0.2, 0) is 0 Å². The van der Waals surface area contributed by atoms with Crippen LogP contribution in [0.3, 0.4) is 0 Å². The van der Waals surface area contributed by atoms with Crippen LogP contribution >= 0.6 is 11.6 Å². The summed E-state index contributed by atoms with van der Waals surface area (Å²) in [5.74, 6) is -1.55. The van der Waals surface area contributed by atoms with Gasteiger partial charge in [-0.2, -0.15) is 5.10 Å². The van der Waals surface area contributed by atoms with Gasteiger partial charge in [0, 0.05) is 48.4 Å². The van der Waals surface area contributed by atoms with Gasteiger partial charge in [-0.25, -0.2) is 36.9 Å². The van der Waals surface area contributed by atoms with Crippen molar-refractivity contribution in [3.63, 3.8) is 0 Å². The molecular formula is C24H18ClF5N8O. The lowest BCUT2D eigenvalue weighted by molar-refractivity contribution is 0.0950. The average Bonchev–Trinajstić information content (AvgIpc) is 3.33.